The van der Waals surface area contributed by atoms with E-state index >= 15 is 0 Å². The molecular weight excluding hydrogens is 314 g/mol. The fourth-order valence-electron chi connectivity index (χ4n) is 2.67. The van der Waals surface area contributed by atoms with Gasteiger partial charge in [0.2, 0.25) is 11.7 Å². The minimum Gasteiger partial charge on any atom is -0.370 e. The monoisotopic (exact) mass is 333 g/mol. The van der Waals surface area contributed by atoms with Crippen LogP contribution in [0, 0.1) is 0 Å². The Balaban J connectivity index is 1.51. The summed E-state index contributed by atoms with van der Waals surface area (Å²) in [7, 11) is 0. The Morgan fingerprint density at radius 2 is 2.04 bits per heavy atom. The number of rotatable bonds is 5. The van der Waals surface area contributed by atoms with E-state index < -0.39 is 0 Å². The SMILES string of the molecule is NC(=NCCc1nc(-c2ccc(Cl)cc2)no1)NC1CCCC1. The zero-order chi connectivity index (χ0) is 16.1. The number of nitrogens with two attached hydrogens (primary N) is 1. The van der Waals surface area contributed by atoms with Gasteiger partial charge in [0.05, 0.1) is 6.54 Å². The zero-order valence-corrected chi connectivity index (χ0v) is 13.6. The van der Waals surface area contributed by atoms with Gasteiger partial charge in [-0.2, -0.15) is 4.98 Å². The van der Waals surface area contributed by atoms with Gasteiger partial charge in [-0.25, -0.2) is 0 Å². The molecule has 1 heterocycles. The average Bonchev–Trinajstić information content (AvgIpc) is 3.20. The Morgan fingerprint density at radius 3 is 2.78 bits per heavy atom. The van der Waals surface area contributed by atoms with E-state index in [0.29, 0.717) is 41.7 Å². The minimum atomic E-state index is 0.471. The Kier molecular flexibility index (Phi) is 5.12. The molecule has 1 aromatic carbocycles. The molecule has 0 atom stereocenters. The molecule has 0 aliphatic heterocycles. The van der Waals surface area contributed by atoms with Crippen molar-refractivity contribution in [3.63, 3.8) is 0 Å². The zero-order valence-electron chi connectivity index (χ0n) is 12.8. The van der Waals surface area contributed by atoms with Crippen LogP contribution in [0.25, 0.3) is 11.4 Å². The average molecular weight is 334 g/mol. The van der Waals surface area contributed by atoms with E-state index in [-0.39, 0.29) is 0 Å². The molecule has 0 saturated heterocycles. The third kappa shape index (κ3) is 4.45. The van der Waals surface area contributed by atoms with Crippen LogP contribution in [0.5, 0.6) is 0 Å². The first-order valence-electron chi connectivity index (χ1n) is 7.86. The van der Waals surface area contributed by atoms with E-state index in [4.69, 9.17) is 21.9 Å². The van der Waals surface area contributed by atoms with Crippen molar-refractivity contribution >= 4 is 17.6 Å². The van der Waals surface area contributed by atoms with Crippen LogP contribution in [0.1, 0.15) is 31.6 Å². The first-order chi connectivity index (χ1) is 11.2. The molecule has 1 aromatic heterocycles. The fraction of sp³-hybridized carbons (Fsp3) is 0.438. The van der Waals surface area contributed by atoms with E-state index in [9.17, 15) is 0 Å². The lowest BCUT2D eigenvalue weighted by Crippen LogP contribution is -2.38. The Morgan fingerprint density at radius 1 is 1.30 bits per heavy atom. The molecule has 1 saturated carbocycles. The summed E-state index contributed by atoms with van der Waals surface area (Å²) in [6, 6.07) is 7.79. The van der Waals surface area contributed by atoms with Crippen LogP contribution >= 0.6 is 11.6 Å². The molecule has 1 aliphatic rings. The minimum absolute atomic E-state index is 0.471. The molecule has 0 amide bonds. The number of halogens is 1. The molecule has 0 radical (unpaired) electrons. The Labute approximate surface area is 140 Å². The van der Waals surface area contributed by atoms with Gasteiger partial charge in [-0.15, -0.1) is 0 Å². The topological polar surface area (TPSA) is 89.3 Å². The summed E-state index contributed by atoms with van der Waals surface area (Å²) in [6.07, 6.45) is 5.43. The number of aliphatic imine (C=N–C) groups is 1. The largest absolute Gasteiger partial charge is 0.370 e. The molecule has 2 aromatic rings. The van der Waals surface area contributed by atoms with Gasteiger partial charge in [-0.1, -0.05) is 29.6 Å². The van der Waals surface area contributed by atoms with Crippen molar-refractivity contribution in [2.75, 3.05) is 6.54 Å². The van der Waals surface area contributed by atoms with E-state index in [1.165, 1.54) is 25.7 Å². The van der Waals surface area contributed by atoms with Crippen molar-refractivity contribution in [1.29, 1.82) is 0 Å². The van der Waals surface area contributed by atoms with Crippen LogP contribution in [-0.2, 0) is 6.42 Å². The molecule has 3 N–H and O–H groups in total. The number of hydrogen-bond donors (Lipinski definition) is 2. The van der Waals surface area contributed by atoms with Crippen LogP contribution < -0.4 is 11.1 Å². The highest BCUT2D eigenvalue weighted by Crippen LogP contribution is 2.19. The van der Waals surface area contributed by atoms with Gasteiger partial charge in [-0.05, 0) is 37.1 Å². The van der Waals surface area contributed by atoms with Crippen LogP contribution in [0.4, 0.5) is 0 Å². The summed E-state index contributed by atoms with van der Waals surface area (Å²) in [5, 5.41) is 7.90. The standard InChI is InChI=1S/C16H20ClN5O/c17-12-7-5-11(6-8-12)15-21-14(23-22-15)9-10-19-16(18)20-13-3-1-2-4-13/h5-8,13H,1-4,9-10H2,(H3,18,19,20). The molecular formula is C16H20ClN5O. The predicted octanol–water partition coefficient (Wildman–Crippen LogP) is 2.78. The predicted molar refractivity (Wildman–Crippen MR) is 90.3 cm³/mol. The Bertz CT molecular complexity index is 661. The lowest BCUT2D eigenvalue weighted by Gasteiger charge is -2.11. The second-order valence-electron chi connectivity index (χ2n) is 5.66. The van der Waals surface area contributed by atoms with Crippen molar-refractivity contribution in [2.24, 2.45) is 10.7 Å². The quantitative estimate of drug-likeness (QED) is 0.648. The molecule has 7 heteroatoms. The van der Waals surface area contributed by atoms with E-state index in [2.05, 4.69) is 20.4 Å². The van der Waals surface area contributed by atoms with Gasteiger partial charge in [0.15, 0.2) is 5.96 Å². The van der Waals surface area contributed by atoms with Crippen molar-refractivity contribution in [3.8, 4) is 11.4 Å². The van der Waals surface area contributed by atoms with Crippen molar-refractivity contribution in [1.82, 2.24) is 15.5 Å². The van der Waals surface area contributed by atoms with Crippen LogP contribution in [0.2, 0.25) is 5.02 Å². The van der Waals surface area contributed by atoms with Crippen molar-refractivity contribution < 1.29 is 4.52 Å². The molecule has 0 bridgehead atoms. The summed E-state index contributed by atoms with van der Waals surface area (Å²) in [5.74, 6) is 1.60. The number of benzene rings is 1. The van der Waals surface area contributed by atoms with Gasteiger partial charge >= 0.3 is 0 Å². The molecule has 1 aliphatic carbocycles. The van der Waals surface area contributed by atoms with E-state index in [1.807, 2.05) is 12.1 Å². The highest BCUT2D eigenvalue weighted by Gasteiger charge is 2.14. The highest BCUT2D eigenvalue weighted by molar-refractivity contribution is 6.30. The van der Waals surface area contributed by atoms with Gasteiger partial charge in [-0.3, -0.25) is 4.99 Å². The molecule has 23 heavy (non-hydrogen) atoms. The van der Waals surface area contributed by atoms with Gasteiger partial charge in [0.1, 0.15) is 0 Å². The fourth-order valence-corrected chi connectivity index (χ4v) is 2.80. The summed E-state index contributed by atoms with van der Waals surface area (Å²) >= 11 is 5.87. The summed E-state index contributed by atoms with van der Waals surface area (Å²) < 4.78 is 5.24. The molecule has 0 spiro atoms. The first-order valence-corrected chi connectivity index (χ1v) is 8.23. The summed E-state index contributed by atoms with van der Waals surface area (Å²) in [4.78, 5) is 8.67. The maximum Gasteiger partial charge on any atom is 0.228 e. The second kappa shape index (κ2) is 7.46. The van der Waals surface area contributed by atoms with Gasteiger partial charge < -0.3 is 15.6 Å². The van der Waals surface area contributed by atoms with Crippen LogP contribution in [-0.4, -0.2) is 28.7 Å². The molecule has 0 unspecified atom stereocenters. The van der Waals surface area contributed by atoms with Gasteiger partial charge in [0, 0.05) is 23.0 Å². The van der Waals surface area contributed by atoms with Gasteiger partial charge in [0.25, 0.3) is 0 Å². The van der Waals surface area contributed by atoms with Crippen molar-refractivity contribution in [2.45, 2.75) is 38.1 Å². The second-order valence-corrected chi connectivity index (χ2v) is 6.10. The van der Waals surface area contributed by atoms with Crippen LogP contribution in [0.15, 0.2) is 33.8 Å². The first kappa shape index (κ1) is 15.8. The lowest BCUT2D eigenvalue weighted by molar-refractivity contribution is 0.380. The maximum absolute atomic E-state index is 5.89. The molecule has 6 nitrogen and oxygen atoms in total. The lowest BCUT2D eigenvalue weighted by atomic mass is 10.2. The number of nitrogens with one attached hydrogen (secondary N) is 1. The molecule has 1 fully saturated rings. The van der Waals surface area contributed by atoms with E-state index in [1.54, 1.807) is 12.1 Å². The third-order valence-electron chi connectivity index (χ3n) is 3.89. The summed E-state index contributed by atoms with van der Waals surface area (Å²) in [6.45, 7) is 0.522. The number of nitrogens with zero attached hydrogens (tertiary/aromatic N) is 3. The third-order valence-corrected chi connectivity index (χ3v) is 4.14. The molecule has 3 rings (SSSR count). The van der Waals surface area contributed by atoms with Crippen LogP contribution in [0.3, 0.4) is 0 Å². The number of guanidine groups is 1. The number of aromatic nitrogens is 2. The Hall–Kier alpha value is -2.08. The smallest absolute Gasteiger partial charge is 0.228 e. The van der Waals surface area contributed by atoms with E-state index in [0.717, 1.165) is 5.56 Å². The highest BCUT2D eigenvalue weighted by atomic mass is 35.5. The molecule has 122 valence electrons. The van der Waals surface area contributed by atoms with Crippen molar-refractivity contribution in [3.05, 3.63) is 35.2 Å². The normalized spacial score (nSPS) is 16.0. The summed E-state index contributed by atoms with van der Waals surface area (Å²) in [5.41, 5.74) is 6.76. The maximum atomic E-state index is 5.89. The number of hydrogen-bond acceptors (Lipinski definition) is 4.